The second-order valence-electron chi connectivity index (χ2n) is 6.44. The van der Waals surface area contributed by atoms with Crippen molar-refractivity contribution in [2.45, 2.75) is 25.8 Å². The molecule has 0 bridgehead atoms. The number of benzene rings is 1. The Morgan fingerprint density at radius 2 is 2.04 bits per heavy atom. The van der Waals surface area contributed by atoms with Crippen molar-refractivity contribution in [3.05, 3.63) is 63.7 Å². The number of hydrogen-bond donors (Lipinski definition) is 1. The maximum absolute atomic E-state index is 15.3. The molecule has 7 heteroatoms. The van der Waals surface area contributed by atoms with Crippen LogP contribution in [0.15, 0.2) is 35.4 Å². The molecule has 0 aliphatic heterocycles. The topological polar surface area (TPSA) is 72.2 Å². The number of hydrogen-bond acceptors (Lipinski definition) is 3. The highest BCUT2D eigenvalue weighted by Crippen LogP contribution is 2.39. The molecule has 1 fully saturated rings. The molecule has 1 aliphatic carbocycles. The SMILES string of the molecule is Cc1cc(-c2c(F)cc3c(=O)c(C(=O)O)cn(C4CC4)c3c2F)ccn1. The van der Waals surface area contributed by atoms with Crippen LogP contribution in [-0.4, -0.2) is 20.6 Å². The quantitative estimate of drug-likeness (QED) is 0.777. The van der Waals surface area contributed by atoms with E-state index in [2.05, 4.69) is 4.98 Å². The van der Waals surface area contributed by atoms with Gasteiger partial charge in [-0.05, 0) is 43.5 Å². The van der Waals surface area contributed by atoms with Gasteiger partial charge in [0.2, 0.25) is 5.43 Å². The van der Waals surface area contributed by atoms with Crippen LogP contribution in [0.1, 0.15) is 34.9 Å². The number of nitrogens with zero attached hydrogens (tertiary/aromatic N) is 2. The number of fused-ring (bicyclic) bond motifs is 1. The van der Waals surface area contributed by atoms with Crippen LogP contribution >= 0.6 is 0 Å². The zero-order chi connectivity index (χ0) is 18.6. The number of aryl methyl sites for hydroxylation is 1. The standard InChI is InChI=1S/C19H14F2N2O3/c1-9-6-10(4-5-22-9)15-14(20)7-12-17(16(15)21)23(11-2-3-11)8-13(18(12)24)19(25)26/h4-8,11H,2-3H2,1H3,(H,25,26). The minimum absolute atomic E-state index is 0.0617. The van der Waals surface area contributed by atoms with Crippen molar-refractivity contribution in [2.24, 2.45) is 0 Å². The zero-order valence-electron chi connectivity index (χ0n) is 13.8. The largest absolute Gasteiger partial charge is 0.477 e. The normalized spacial score (nSPS) is 14.0. The van der Waals surface area contributed by atoms with Crippen molar-refractivity contribution in [1.82, 2.24) is 9.55 Å². The van der Waals surface area contributed by atoms with Crippen LogP contribution in [0.4, 0.5) is 8.78 Å². The summed E-state index contributed by atoms with van der Waals surface area (Å²) in [7, 11) is 0. The Morgan fingerprint density at radius 3 is 2.65 bits per heavy atom. The van der Waals surface area contributed by atoms with Crippen molar-refractivity contribution in [1.29, 1.82) is 0 Å². The summed E-state index contributed by atoms with van der Waals surface area (Å²) in [4.78, 5) is 27.8. The number of pyridine rings is 2. The average Bonchev–Trinajstić information content (AvgIpc) is 3.40. The molecule has 3 aromatic rings. The lowest BCUT2D eigenvalue weighted by Gasteiger charge is -2.15. The molecule has 4 rings (SSSR count). The summed E-state index contributed by atoms with van der Waals surface area (Å²) in [5.74, 6) is -3.20. The van der Waals surface area contributed by atoms with Crippen LogP contribution in [-0.2, 0) is 0 Å². The summed E-state index contributed by atoms with van der Waals surface area (Å²) in [5, 5.41) is 8.98. The van der Waals surface area contributed by atoms with Gasteiger partial charge >= 0.3 is 5.97 Å². The molecule has 1 aromatic carbocycles. The minimum atomic E-state index is -1.42. The molecular formula is C19H14F2N2O3. The maximum atomic E-state index is 15.3. The molecule has 0 radical (unpaired) electrons. The summed E-state index contributed by atoms with van der Waals surface area (Å²) < 4.78 is 31.5. The fourth-order valence-electron chi connectivity index (χ4n) is 3.20. The van der Waals surface area contributed by atoms with Gasteiger partial charge in [-0.25, -0.2) is 13.6 Å². The predicted octanol–water partition coefficient (Wildman–Crippen LogP) is 3.68. The molecule has 1 N–H and O–H groups in total. The third kappa shape index (κ3) is 2.47. The van der Waals surface area contributed by atoms with Gasteiger partial charge < -0.3 is 9.67 Å². The van der Waals surface area contributed by atoms with Gasteiger partial charge in [0.15, 0.2) is 5.82 Å². The van der Waals surface area contributed by atoms with Gasteiger partial charge in [0.05, 0.1) is 16.5 Å². The lowest BCUT2D eigenvalue weighted by atomic mass is 10.0. The first-order valence-corrected chi connectivity index (χ1v) is 8.11. The Kier molecular flexibility index (Phi) is 3.61. The van der Waals surface area contributed by atoms with Crippen LogP contribution < -0.4 is 5.43 Å². The van der Waals surface area contributed by atoms with E-state index in [0.717, 1.165) is 25.1 Å². The molecule has 5 nitrogen and oxygen atoms in total. The summed E-state index contributed by atoms with van der Waals surface area (Å²) in [6, 6.07) is 3.88. The Morgan fingerprint density at radius 1 is 1.31 bits per heavy atom. The Hall–Kier alpha value is -3.09. The fraction of sp³-hybridized carbons (Fsp3) is 0.211. The zero-order valence-corrected chi connectivity index (χ0v) is 13.8. The first-order valence-electron chi connectivity index (χ1n) is 8.11. The molecule has 2 heterocycles. The highest BCUT2D eigenvalue weighted by Gasteiger charge is 2.30. The highest BCUT2D eigenvalue weighted by atomic mass is 19.1. The molecule has 0 saturated heterocycles. The Labute approximate surface area is 146 Å². The molecular weight excluding hydrogens is 342 g/mol. The van der Waals surface area contributed by atoms with E-state index in [4.69, 9.17) is 0 Å². The molecule has 1 aliphatic rings. The number of carboxylic acid groups (broad SMARTS) is 1. The van der Waals surface area contributed by atoms with Gasteiger partial charge in [-0.15, -0.1) is 0 Å². The molecule has 0 amide bonds. The van der Waals surface area contributed by atoms with Crippen molar-refractivity contribution in [3.63, 3.8) is 0 Å². The Balaban J connectivity index is 2.13. The number of halogens is 2. The lowest BCUT2D eigenvalue weighted by Crippen LogP contribution is -2.20. The highest BCUT2D eigenvalue weighted by molar-refractivity contribution is 5.94. The molecule has 0 unspecified atom stereocenters. The number of carbonyl (C=O) groups is 1. The van der Waals surface area contributed by atoms with E-state index in [0.29, 0.717) is 11.3 Å². The van der Waals surface area contributed by atoms with Crippen molar-refractivity contribution < 1.29 is 18.7 Å². The van der Waals surface area contributed by atoms with Gasteiger partial charge in [-0.3, -0.25) is 9.78 Å². The Bertz CT molecular complexity index is 1130. The second kappa shape index (κ2) is 5.72. The monoisotopic (exact) mass is 356 g/mol. The van der Waals surface area contributed by atoms with Crippen LogP contribution in [0.5, 0.6) is 0 Å². The summed E-state index contributed by atoms with van der Waals surface area (Å²) in [6.45, 7) is 1.71. The van der Waals surface area contributed by atoms with E-state index in [1.165, 1.54) is 16.8 Å². The molecule has 132 valence electrons. The first kappa shape index (κ1) is 16.4. The van der Waals surface area contributed by atoms with E-state index < -0.39 is 28.6 Å². The summed E-state index contributed by atoms with van der Waals surface area (Å²) in [5.41, 5.74) is -0.780. The fourth-order valence-corrected chi connectivity index (χ4v) is 3.20. The maximum Gasteiger partial charge on any atom is 0.341 e. The van der Waals surface area contributed by atoms with Gasteiger partial charge in [-0.2, -0.15) is 0 Å². The van der Waals surface area contributed by atoms with Crippen molar-refractivity contribution in [3.8, 4) is 11.1 Å². The van der Waals surface area contributed by atoms with Crippen LogP contribution in [0.25, 0.3) is 22.0 Å². The number of aromatic carboxylic acids is 1. The lowest BCUT2D eigenvalue weighted by molar-refractivity contribution is 0.0695. The van der Waals surface area contributed by atoms with Crippen molar-refractivity contribution in [2.75, 3.05) is 0 Å². The van der Waals surface area contributed by atoms with E-state index >= 15 is 4.39 Å². The third-order valence-electron chi connectivity index (χ3n) is 4.56. The van der Waals surface area contributed by atoms with E-state index in [-0.39, 0.29) is 22.5 Å². The number of carboxylic acids is 1. The second-order valence-corrected chi connectivity index (χ2v) is 6.44. The third-order valence-corrected chi connectivity index (χ3v) is 4.56. The number of rotatable bonds is 3. The van der Waals surface area contributed by atoms with E-state index in [1.807, 2.05) is 0 Å². The average molecular weight is 356 g/mol. The van der Waals surface area contributed by atoms with E-state index in [9.17, 15) is 19.1 Å². The first-order chi connectivity index (χ1) is 12.4. The summed E-state index contributed by atoms with van der Waals surface area (Å²) in [6.07, 6.45) is 4.11. The van der Waals surface area contributed by atoms with Gasteiger partial charge in [0.25, 0.3) is 0 Å². The smallest absolute Gasteiger partial charge is 0.341 e. The molecule has 1 saturated carbocycles. The number of aromatic nitrogens is 2. The minimum Gasteiger partial charge on any atom is -0.477 e. The molecule has 0 atom stereocenters. The predicted molar refractivity (Wildman–Crippen MR) is 91.3 cm³/mol. The molecule has 26 heavy (non-hydrogen) atoms. The van der Waals surface area contributed by atoms with E-state index in [1.54, 1.807) is 13.0 Å². The van der Waals surface area contributed by atoms with Gasteiger partial charge in [0.1, 0.15) is 11.4 Å². The van der Waals surface area contributed by atoms with Gasteiger partial charge in [0, 0.05) is 24.1 Å². The van der Waals surface area contributed by atoms with Crippen molar-refractivity contribution >= 4 is 16.9 Å². The summed E-state index contributed by atoms with van der Waals surface area (Å²) >= 11 is 0. The van der Waals surface area contributed by atoms with Gasteiger partial charge in [-0.1, -0.05) is 0 Å². The van der Waals surface area contributed by atoms with Crippen LogP contribution in [0.3, 0.4) is 0 Å². The molecule has 0 spiro atoms. The molecule has 2 aromatic heterocycles. The van der Waals surface area contributed by atoms with Crippen LogP contribution in [0.2, 0.25) is 0 Å². The van der Waals surface area contributed by atoms with Crippen LogP contribution in [0, 0.1) is 18.6 Å².